The number of hydrogen-bond donors (Lipinski definition) is 2. The predicted octanol–water partition coefficient (Wildman–Crippen LogP) is 0.494. The molecule has 4 nitrogen and oxygen atoms in total. The van der Waals surface area contributed by atoms with Crippen LogP contribution in [0, 0.1) is 0 Å². The molecule has 4 heteroatoms. The first-order valence-electron chi connectivity index (χ1n) is 5.58. The lowest BCUT2D eigenvalue weighted by Gasteiger charge is -2.23. The van der Waals surface area contributed by atoms with Crippen LogP contribution in [-0.2, 0) is 12.8 Å². The zero-order valence-corrected chi connectivity index (χ0v) is 9.24. The first-order valence-corrected chi connectivity index (χ1v) is 5.58. The molecular formula is C12H17NO3. The predicted molar refractivity (Wildman–Crippen MR) is 61.0 cm³/mol. The lowest BCUT2D eigenvalue weighted by molar-refractivity contribution is 0.167. The Labute approximate surface area is 95.0 Å². The van der Waals surface area contributed by atoms with Crippen LogP contribution in [0.5, 0.6) is 11.5 Å². The van der Waals surface area contributed by atoms with Crippen molar-refractivity contribution in [2.75, 3.05) is 26.4 Å². The van der Waals surface area contributed by atoms with Crippen LogP contribution >= 0.6 is 0 Å². The number of rotatable bonds is 4. The molecule has 0 amide bonds. The molecule has 16 heavy (non-hydrogen) atoms. The fraction of sp³-hybridized carbons (Fsp3) is 0.500. The lowest BCUT2D eigenvalue weighted by atomic mass is 10.0. The van der Waals surface area contributed by atoms with Crippen molar-refractivity contribution in [1.29, 1.82) is 0 Å². The summed E-state index contributed by atoms with van der Waals surface area (Å²) < 4.78 is 11.2. The number of fused-ring (bicyclic) bond motifs is 1. The van der Waals surface area contributed by atoms with Crippen molar-refractivity contribution < 1.29 is 14.6 Å². The number of benzene rings is 1. The normalized spacial score (nSPS) is 13.9. The second-order valence-electron chi connectivity index (χ2n) is 3.75. The van der Waals surface area contributed by atoms with Gasteiger partial charge in [0.25, 0.3) is 0 Å². The van der Waals surface area contributed by atoms with Gasteiger partial charge in [-0.05, 0) is 24.9 Å². The van der Waals surface area contributed by atoms with Crippen molar-refractivity contribution in [2.24, 2.45) is 5.73 Å². The average molecular weight is 223 g/mol. The zero-order valence-electron chi connectivity index (χ0n) is 9.24. The van der Waals surface area contributed by atoms with Crippen LogP contribution in [0.3, 0.4) is 0 Å². The molecule has 1 aliphatic heterocycles. The number of aliphatic hydroxyl groups excluding tert-OH is 1. The summed E-state index contributed by atoms with van der Waals surface area (Å²) in [6.07, 6.45) is 1.37. The van der Waals surface area contributed by atoms with E-state index < -0.39 is 0 Å². The molecular weight excluding hydrogens is 206 g/mol. The molecule has 1 aromatic carbocycles. The summed E-state index contributed by atoms with van der Waals surface area (Å²) in [5, 5.41) is 8.98. The van der Waals surface area contributed by atoms with Crippen LogP contribution in [0.4, 0.5) is 0 Å². The first-order chi connectivity index (χ1) is 7.86. The third-order valence-corrected chi connectivity index (χ3v) is 2.65. The molecule has 3 N–H and O–H groups in total. The van der Waals surface area contributed by atoms with E-state index in [0.29, 0.717) is 26.2 Å². The molecule has 0 bridgehead atoms. The van der Waals surface area contributed by atoms with Crippen molar-refractivity contribution in [1.82, 2.24) is 0 Å². The van der Waals surface area contributed by atoms with E-state index >= 15 is 0 Å². The van der Waals surface area contributed by atoms with Crippen LogP contribution in [0.2, 0.25) is 0 Å². The van der Waals surface area contributed by atoms with E-state index in [-0.39, 0.29) is 6.61 Å². The highest BCUT2D eigenvalue weighted by Crippen LogP contribution is 2.37. The quantitative estimate of drug-likeness (QED) is 0.780. The van der Waals surface area contributed by atoms with Gasteiger partial charge in [-0.2, -0.15) is 0 Å². The molecule has 0 aliphatic carbocycles. The Morgan fingerprint density at radius 1 is 1.06 bits per heavy atom. The van der Waals surface area contributed by atoms with Crippen LogP contribution < -0.4 is 15.2 Å². The van der Waals surface area contributed by atoms with Crippen molar-refractivity contribution in [3.8, 4) is 11.5 Å². The Kier molecular flexibility index (Phi) is 3.64. The van der Waals surface area contributed by atoms with Crippen molar-refractivity contribution in [2.45, 2.75) is 12.8 Å². The van der Waals surface area contributed by atoms with E-state index in [0.717, 1.165) is 29.0 Å². The van der Waals surface area contributed by atoms with Crippen LogP contribution in [0.1, 0.15) is 11.1 Å². The average Bonchev–Trinajstić information content (AvgIpc) is 2.33. The minimum absolute atomic E-state index is 0.117. The topological polar surface area (TPSA) is 64.7 Å². The van der Waals surface area contributed by atoms with Crippen LogP contribution in [-0.4, -0.2) is 31.5 Å². The highest BCUT2D eigenvalue weighted by molar-refractivity contribution is 5.53. The smallest absolute Gasteiger partial charge is 0.164 e. The van der Waals surface area contributed by atoms with Crippen molar-refractivity contribution >= 4 is 0 Å². The Morgan fingerprint density at radius 2 is 1.62 bits per heavy atom. The SMILES string of the molecule is NCCc1ccc(CCO)c2c1OCCO2. The van der Waals surface area contributed by atoms with Crippen molar-refractivity contribution in [3.63, 3.8) is 0 Å². The highest BCUT2D eigenvalue weighted by Gasteiger charge is 2.19. The molecule has 0 fully saturated rings. The molecule has 2 rings (SSSR count). The highest BCUT2D eigenvalue weighted by atomic mass is 16.6. The van der Waals surface area contributed by atoms with E-state index in [1.165, 1.54) is 0 Å². The maximum atomic E-state index is 8.98. The zero-order chi connectivity index (χ0) is 11.4. The molecule has 1 aromatic rings. The Morgan fingerprint density at radius 3 is 2.12 bits per heavy atom. The Balaban J connectivity index is 2.37. The third kappa shape index (κ3) is 2.13. The van der Waals surface area contributed by atoms with E-state index in [1.807, 2.05) is 12.1 Å². The van der Waals surface area contributed by atoms with Gasteiger partial charge in [0.2, 0.25) is 0 Å². The largest absolute Gasteiger partial charge is 0.486 e. The summed E-state index contributed by atoms with van der Waals surface area (Å²) in [6, 6.07) is 3.99. The summed E-state index contributed by atoms with van der Waals surface area (Å²) in [7, 11) is 0. The molecule has 0 saturated heterocycles. The number of hydrogen-bond acceptors (Lipinski definition) is 4. The van der Waals surface area contributed by atoms with E-state index in [2.05, 4.69) is 0 Å². The number of nitrogens with two attached hydrogens (primary N) is 1. The second-order valence-corrected chi connectivity index (χ2v) is 3.75. The molecule has 0 radical (unpaired) electrons. The maximum Gasteiger partial charge on any atom is 0.164 e. The molecule has 88 valence electrons. The fourth-order valence-electron chi connectivity index (χ4n) is 1.92. The van der Waals surface area contributed by atoms with Gasteiger partial charge >= 0.3 is 0 Å². The summed E-state index contributed by atoms with van der Waals surface area (Å²) in [5.41, 5.74) is 7.63. The van der Waals surface area contributed by atoms with E-state index in [4.69, 9.17) is 20.3 Å². The molecule has 0 atom stereocenters. The molecule has 1 aliphatic rings. The van der Waals surface area contributed by atoms with E-state index in [1.54, 1.807) is 0 Å². The Bertz CT molecular complexity index is 331. The third-order valence-electron chi connectivity index (χ3n) is 2.65. The van der Waals surface area contributed by atoms with Gasteiger partial charge in [-0.25, -0.2) is 0 Å². The Hall–Kier alpha value is -1.26. The van der Waals surface area contributed by atoms with Gasteiger partial charge in [-0.3, -0.25) is 0 Å². The van der Waals surface area contributed by atoms with Gasteiger partial charge in [0.1, 0.15) is 13.2 Å². The number of ether oxygens (including phenoxy) is 2. The molecule has 0 unspecified atom stereocenters. The van der Waals surface area contributed by atoms with Gasteiger partial charge in [0.15, 0.2) is 11.5 Å². The molecule has 1 heterocycles. The number of aliphatic hydroxyl groups is 1. The minimum atomic E-state index is 0.117. The standard InChI is InChI=1S/C12H17NO3/c13-5-3-9-1-2-10(4-6-14)12-11(9)15-7-8-16-12/h1-2,14H,3-8,13H2. The molecule has 0 spiro atoms. The monoisotopic (exact) mass is 223 g/mol. The van der Waals surface area contributed by atoms with Gasteiger partial charge < -0.3 is 20.3 Å². The van der Waals surface area contributed by atoms with Crippen LogP contribution in [0.15, 0.2) is 12.1 Å². The van der Waals surface area contributed by atoms with Gasteiger partial charge in [-0.1, -0.05) is 12.1 Å². The summed E-state index contributed by atoms with van der Waals surface area (Å²) in [6.45, 7) is 1.85. The second kappa shape index (κ2) is 5.18. The molecule has 0 aromatic heterocycles. The van der Waals surface area contributed by atoms with Gasteiger partial charge in [0.05, 0.1) is 0 Å². The van der Waals surface area contributed by atoms with Gasteiger partial charge in [-0.15, -0.1) is 0 Å². The molecule has 0 saturated carbocycles. The summed E-state index contributed by atoms with van der Waals surface area (Å²) in [4.78, 5) is 0. The summed E-state index contributed by atoms with van der Waals surface area (Å²) in [5.74, 6) is 1.59. The van der Waals surface area contributed by atoms with Gasteiger partial charge in [0, 0.05) is 12.2 Å². The summed E-state index contributed by atoms with van der Waals surface area (Å²) >= 11 is 0. The first kappa shape index (κ1) is 11.2. The van der Waals surface area contributed by atoms with E-state index in [9.17, 15) is 0 Å². The lowest BCUT2D eigenvalue weighted by Crippen LogP contribution is -2.19. The maximum absolute atomic E-state index is 8.98. The fourth-order valence-corrected chi connectivity index (χ4v) is 1.92. The van der Waals surface area contributed by atoms with Crippen LogP contribution in [0.25, 0.3) is 0 Å². The minimum Gasteiger partial charge on any atom is -0.486 e. The van der Waals surface area contributed by atoms with Crippen molar-refractivity contribution in [3.05, 3.63) is 23.3 Å².